The summed E-state index contributed by atoms with van der Waals surface area (Å²) in [5.74, 6) is -1.53. The Labute approximate surface area is 151 Å². The van der Waals surface area contributed by atoms with Crippen LogP contribution in [0, 0.1) is 0 Å². The molecule has 0 radical (unpaired) electrons. The van der Waals surface area contributed by atoms with E-state index in [1.807, 2.05) is 0 Å². The summed E-state index contributed by atoms with van der Waals surface area (Å²) in [6.07, 6.45) is 0. The molecule has 8 nitrogen and oxygen atoms in total. The second kappa shape index (κ2) is 6.85. The first kappa shape index (κ1) is 17.4. The molecule has 9 heteroatoms. The molecule has 0 bridgehead atoms. The summed E-state index contributed by atoms with van der Waals surface area (Å²) in [6.45, 7) is -0.125. The smallest absolute Gasteiger partial charge is 0.362 e. The Kier molecular flexibility index (Phi) is 4.59. The van der Waals surface area contributed by atoms with Gasteiger partial charge in [-0.05, 0) is 35.9 Å². The molecule has 3 N–H and O–H groups in total. The Morgan fingerprint density at radius 1 is 1.15 bits per heavy atom. The first-order chi connectivity index (χ1) is 12.4. The van der Waals surface area contributed by atoms with Crippen LogP contribution in [-0.2, 0) is 6.54 Å². The van der Waals surface area contributed by atoms with Crippen molar-refractivity contribution in [2.24, 2.45) is 0 Å². The van der Waals surface area contributed by atoms with E-state index < -0.39 is 22.9 Å². The highest BCUT2D eigenvalue weighted by molar-refractivity contribution is 6.30. The third kappa shape index (κ3) is 3.35. The molecule has 0 fully saturated rings. The normalized spacial score (nSPS) is 10.7. The van der Waals surface area contributed by atoms with Crippen molar-refractivity contribution in [3.05, 3.63) is 85.6 Å². The summed E-state index contributed by atoms with van der Waals surface area (Å²) in [6, 6.07) is 12.7. The molecule has 2 aromatic carbocycles. The van der Waals surface area contributed by atoms with Crippen molar-refractivity contribution < 1.29 is 9.90 Å². The van der Waals surface area contributed by atoms with Gasteiger partial charge in [0.1, 0.15) is 0 Å². The van der Waals surface area contributed by atoms with Gasteiger partial charge in [-0.1, -0.05) is 29.8 Å². The Balaban J connectivity index is 2.22. The number of aromatic carboxylic acids is 1. The molecule has 0 aliphatic rings. The lowest BCUT2D eigenvalue weighted by atomic mass is 10.2. The quantitative estimate of drug-likeness (QED) is 0.667. The number of nitrogens with zero attached hydrogens (tertiary/aromatic N) is 3. The summed E-state index contributed by atoms with van der Waals surface area (Å²) in [5.41, 5.74) is 4.40. The molecule has 0 atom stereocenters. The van der Waals surface area contributed by atoms with Crippen LogP contribution in [0.15, 0.2) is 58.1 Å². The van der Waals surface area contributed by atoms with Gasteiger partial charge in [-0.2, -0.15) is 9.78 Å². The van der Waals surface area contributed by atoms with Crippen molar-refractivity contribution in [1.82, 2.24) is 14.3 Å². The largest absolute Gasteiger partial charge is 0.476 e. The van der Waals surface area contributed by atoms with Crippen LogP contribution in [0.1, 0.15) is 16.1 Å². The van der Waals surface area contributed by atoms with Crippen molar-refractivity contribution in [1.29, 1.82) is 0 Å². The zero-order valence-corrected chi connectivity index (χ0v) is 14.1. The molecule has 0 unspecified atom stereocenters. The van der Waals surface area contributed by atoms with E-state index in [-0.39, 0.29) is 12.2 Å². The van der Waals surface area contributed by atoms with Gasteiger partial charge < -0.3 is 10.8 Å². The highest BCUT2D eigenvalue weighted by Crippen LogP contribution is 2.11. The number of halogens is 1. The number of hydrogen-bond acceptors (Lipinski definition) is 5. The van der Waals surface area contributed by atoms with Gasteiger partial charge in [0.15, 0.2) is 0 Å². The van der Waals surface area contributed by atoms with E-state index in [9.17, 15) is 19.5 Å². The van der Waals surface area contributed by atoms with Crippen molar-refractivity contribution >= 4 is 23.3 Å². The number of rotatable bonds is 4. The fraction of sp³-hybridized carbons (Fsp3) is 0.0588. The zero-order valence-electron chi connectivity index (χ0n) is 13.3. The lowest BCUT2D eigenvalue weighted by Gasteiger charge is -2.11. The molecule has 0 aliphatic carbocycles. The number of carboxylic acid groups (broad SMARTS) is 1. The number of nitrogen functional groups attached to an aromatic ring is 1. The summed E-state index contributed by atoms with van der Waals surface area (Å²) in [7, 11) is 0. The van der Waals surface area contributed by atoms with E-state index >= 15 is 0 Å². The van der Waals surface area contributed by atoms with Gasteiger partial charge in [-0.3, -0.25) is 9.36 Å². The zero-order chi connectivity index (χ0) is 18.8. The van der Waals surface area contributed by atoms with E-state index in [0.29, 0.717) is 16.3 Å². The van der Waals surface area contributed by atoms with Crippen LogP contribution in [0.5, 0.6) is 0 Å². The van der Waals surface area contributed by atoms with Crippen LogP contribution in [0.4, 0.5) is 5.69 Å². The van der Waals surface area contributed by atoms with Crippen LogP contribution in [-0.4, -0.2) is 25.4 Å². The van der Waals surface area contributed by atoms with Gasteiger partial charge in [0, 0.05) is 10.7 Å². The average molecular weight is 373 g/mol. The highest BCUT2D eigenvalue weighted by atomic mass is 35.5. The summed E-state index contributed by atoms with van der Waals surface area (Å²) in [5, 5.41) is 13.5. The van der Waals surface area contributed by atoms with E-state index in [1.165, 1.54) is 12.1 Å². The van der Waals surface area contributed by atoms with Gasteiger partial charge in [-0.15, -0.1) is 0 Å². The minimum atomic E-state index is -1.53. The predicted octanol–water partition coefficient (Wildman–Crippen LogP) is 1.38. The number of carboxylic acids is 1. The van der Waals surface area contributed by atoms with Crippen molar-refractivity contribution in [2.45, 2.75) is 6.54 Å². The lowest BCUT2D eigenvalue weighted by molar-refractivity contribution is 0.0684. The van der Waals surface area contributed by atoms with Crippen molar-refractivity contribution in [2.75, 3.05) is 5.73 Å². The standard InChI is InChI=1S/C17H13ClN4O4/c18-11-6-4-10(5-7-11)9-21-15(23)14(16(24)25)20-22(17(21)26)13-3-1-2-12(19)8-13/h1-8H,9,19H2,(H,24,25). The van der Waals surface area contributed by atoms with Crippen LogP contribution < -0.4 is 17.0 Å². The molecule has 0 aliphatic heterocycles. The van der Waals surface area contributed by atoms with Gasteiger partial charge in [0.2, 0.25) is 5.69 Å². The number of hydrogen-bond donors (Lipinski definition) is 2. The van der Waals surface area contributed by atoms with Gasteiger partial charge in [0.05, 0.1) is 12.2 Å². The third-order valence-corrected chi connectivity index (χ3v) is 3.88. The minimum Gasteiger partial charge on any atom is -0.476 e. The molecule has 0 saturated carbocycles. The predicted molar refractivity (Wildman–Crippen MR) is 96.0 cm³/mol. The van der Waals surface area contributed by atoms with Crippen molar-refractivity contribution in [3.63, 3.8) is 0 Å². The van der Waals surface area contributed by atoms with E-state index in [2.05, 4.69) is 5.10 Å². The summed E-state index contributed by atoms with van der Waals surface area (Å²) >= 11 is 5.83. The Morgan fingerprint density at radius 2 is 1.85 bits per heavy atom. The fourth-order valence-electron chi connectivity index (χ4n) is 2.39. The average Bonchev–Trinajstić information content (AvgIpc) is 2.60. The molecule has 3 aromatic rings. The first-order valence-corrected chi connectivity index (χ1v) is 7.82. The maximum absolute atomic E-state index is 12.8. The highest BCUT2D eigenvalue weighted by Gasteiger charge is 2.19. The van der Waals surface area contributed by atoms with Crippen LogP contribution in [0.2, 0.25) is 5.02 Å². The van der Waals surface area contributed by atoms with Gasteiger partial charge in [0.25, 0.3) is 5.56 Å². The van der Waals surface area contributed by atoms with E-state index in [1.54, 1.807) is 36.4 Å². The number of benzene rings is 2. The van der Waals surface area contributed by atoms with E-state index in [0.717, 1.165) is 9.25 Å². The SMILES string of the molecule is Nc1cccc(-n2nc(C(=O)O)c(=O)n(Cc3ccc(Cl)cc3)c2=O)c1. The molecular formula is C17H13ClN4O4. The molecule has 26 heavy (non-hydrogen) atoms. The minimum absolute atomic E-state index is 0.125. The Bertz CT molecular complexity index is 1100. The molecular weight excluding hydrogens is 360 g/mol. The summed E-state index contributed by atoms with van der Waals surface area (Å²) < 4.78 is 1.65. The fourth-order valence-corrected chi connectivity index (χ4v) is 2.51. The molecule has 0 saturated heterocycles. The number of aromatic nitrogens is 3. The van der Waals surface area contributed by atoms with E-state index in [4.69, 9.17) is 17.3 Å². The molecule has 1 heterocycles. The monoisotopic (exact) mass is 372 g/mol. The molecule has 0 spiro atoms. The Hall–Kier alpha value is -3.39. The maximum atomic E-state index is 12.8. The third-order valence-electron chi connectivity index (χ3n) is 3.63. The first-order valence-electron chi connectivity index (χ1n) is 7.44. The maximum Gasteiger partial charge on any atom is 0.362 e. The second-order valence-electron chi connectivity index (χ2n) is 5.46. The van der Waals surface area contributed by atoms with Crippen LogP contribution in [0.3, 0.4) is 0 Å². The van der Waals surface area contributed by atoms with Crippen LogP contribution in [0.25, 0.3) is 5.69 Å². The van der Waals surface area contributed by atoms with Gasteiger partial charge >= 0.3 is 11.7 Å². The second-order valence-corrected chi connectivity index (χ2v) is 5.90. The van der Waals surface area contributed by atoms with Crippen molar-refractivity contribution in [3.8, 4) is 5.69 Å². The number of anilines is 1. The van der Waals surface area contributed by atoms with Gasteiger partial charge in [-0.25, -0.2) is 9.59 Å². The Morgan fingerprint density at radius 3 is 2.46 bits per heavy atom. The molecule has 3 rings (SSSR count). The molecule has 0 amide bonds. The number of carbonyl (C=O) groups is 1. The molecule has 1 aromatic heterocycles. The summed E-state index contributed by atoms with van der Waals surface area (Å²) in [4.78, 5) is 36.6. The number of nitrogens with two attached hydrogens (primary N) is 1. The lowest BCUT2D eigenvalue weighted by Crippen LogP contribution is -2.44. The molecule has 132 valence electrons. The van der Waals surface area contributed by atoms with Crippen LogP contribution >= 0.6 is 11.6 Å². The topological polar surface area (TPSA) is 120 Å².